The Morgan fingerprint density at radius 1 is 1.50 bits per heavy atom. The van der Waals surface area contributed by atoms with Crippen LogP contribution in [-0.4, -0.2) is 24.2 Å². The van der Waals surface area contributed by atoms with E-state index in [1.54, 1.807) is 6.92 Å². The molecule has 0 bridgehead atoms. The van der Waals surface area contributed by atoms with Crippen LogP contribution < -0.4 is 0 Å². The fraction of sp³-hybridized carbons (Fsp3) is 0.750. The van der Waals surface area contributed by atoms with Crippen LogP contribution in [0.2, 0.25) is 0 Å². The molecule has 0 aliphatic rings. The van der Waals surface area contributed by atoms with Crippen LogP contribution in [0.5, 0.6) is 0 Å². The number of carbonyl (C=O) groups is 2. The molecule has 4 heteroatoms. The van der Waals surface area contributed by atoms with Gasteiger partial charge in [0.15, 0.2) is 0 Å². The fourth-order valence-corrected chi connectivity index (χ4v) is 1.05. The summed E-state index contributed by atoms with van der Waals surface area (Å²) < 4.78 is 4.47. The van der Waals surface area contributed by atoms with Gasteiger partial charge in [-0.15, -0.1) is 0 Å². The molecule has 0 heterocycles. The van der Waals surface area contributed by atoms with Crippen molar-refractivity contribution < 1.29 is 19.4 Å². The number of rotatable bonds is 4. The first-order chi connectivity index (χ1) is 5.54. The van der Waals surface area contributed by atoms with Crippen molar-refractivity contribution in [2.45, 2.75) is 20.3 Å². The minimum Gasteiger partial charge on any atom is -0.481 e. The third-order valence-corrected chi connectivity index (χ3v) is 1.94. The molecule has 0 aliphatic carbocycles. The van der Waals surface area contributed by atoms with Gasteiger partial charge < -0.3 is 9.84 Å². The first-order valence-corrected chi connectivity index (χ1v) is 3.85. The summed E-state index contributed by atoms with van der Waals surface area (Å²) in [6.45, 7) is 3.27. The molecule has 2 atom stereocenters. The van der Waals surface area contributed by atoms with Crippen LogP contribution in [0, 0.1) is 11.8 Å². The van der Waals surface area contributed by atoms with E-state index in [-0.39, 0.29) is 0 Å². The number of carboxylic acids is 1. The molecular formula is C8H14O4. The second-order valence-electron chi connectivity index (χ2n) is 2.66. The highest BCUT2D eigenvalue weighted by Crippen LogP contribution is 2.16. The summed E-state index contributed by atoms with van der Waals surface area (Å²) in [4.78, 5) is 21.5. The van der Waals surface area contributed by atoms with Crippen LogP contribution >= 0.6 is 0 Å². The minimum atomic E-state index is -0.966. The van der Waals surface area contributed by atoms with Crippen molar-refractivity contribution in [3.8, 4) is 0 Å². The van der Waals surface area contributed by atoms with E-state index in [1.165, 1.54) is 14.0 Å². The molecule has 0 amide bonds. The number of carboxylic acid groups (broad SMARTS) is 1. The van der Waals surface area contributed by atoms with Gasteiger partial charge in [-0.1, -0.05) is 13.8 Å². The molecule has 0 fully saturated rings. The molecule has 0 saturated carbocycles. The minimum absolute atomic E-state index is 0.451. The molecule has 0 spiro atoms. The zero-order valence-corrected chi connectivity index (χ0v) is 7.53. The summed E-state index contributed by atoms with van der Waals surface area (Å²) in [5.41, 5.74) is 0. The highest BCUT2D eigenvalue weighted by molar-refractivity contribution is 5.80. The highest BCUT2D eigenvalue weighted by Gasteiger charge is 2.28. The maximum Gasteiger partial charge on any atom is 0.309 e. The summed E-state index contributed by atoms with van der Waals surface area (Å²) in [5, 5.41) is 8.62. The summed E-state index contributed by atoms with van der Waals surface area (Å²) in [6.07, 6.45) is 0.486. The number of carbonyl (C=O) groups excluding carboxylic acids is 1. The van der Waals surface area contributed by atoms with Crippen molar-refractivity contribution in [1.29, 1.82) is 0 Å². The average Bonchev–Trinajstić information content (AvgIpc) is 2.05. The summed E-state index contributed by atoms with van der Waals surface area (Å²) in [6, 6.07) is 0. The maximum atomic E-state index is 11.0. The molecule has 0 aromatic heterocycles. The summed E-state index contributed by atoms with van der Waals surface area (Å²) >= 11 is 0. The van der Waals surface area contributed by atoms with Gasteiger partial charge in [0.1, 0.15) is 0 Å². The third kappa shape index (κ3) is 2.53. The maximum absolute atomic E-state index is 11.0. The Morgan fingerprint density at radius 2 is 2.00 bits per heavy atom. The Kier molecular flexibility index (Phi) is 4.33. The lowest BCUT2D eigenvalue weighted by molar-refractivity contribution is -0.155. The molecule has 2 unspecified atom stereocenters. The van der Waals surface area contributed by atoms with Crippen LogP contribution in [0.15, 0.2) is 0 Å². The first-order valence-electron chi connectivity index (χ1n) is 3.85. The third-order valence-electron chi connectivity index (χ3n) is 1.94. The van der Waals surface area contributed by atoms with Crippen LogP contribution in [0.25, 0.3) is 0 Å². The van der Waals surface area contributed by atoms with E-state index in [0.717, 1.165) is 0 Å². The van der Waals surface area contributed by atoms with E-state index in [1.807, 2.05) is 0 Å². The second kappa shape index (κ2) is 4.74. The molecule has 12 heavy (non-hydrogen) atoms. The molecule has 0 rings (SSSR count). The van der Waals surface area contributed by atoms with Gasteiger partial charge in [-0.2, -0.15) is 0 Å². The van der Waals surface area contributed by atoms with Crippen LogP contribution in [-0.2, 0) is 14.3 Å². The van der Waals surface area contributed by atoms with Crippen molar-refractivity contribution >= 4 is 11.9 Å². The molecule has 0 aliphatic heterocycles. The van der Waals surface area contributed by atoms with Gasteiger partial charge in [0.05, 0.1) is 18.9 Å². The van der Waals surface area contributed by atoms with Crippen molar-refractivity contribution in [2.75, 3.05) is 7.11 Å². The van der Waals surface area contributed by atoms with Gasteiger partial charge in [-0.25, -0.2) is 0 Å². The number of methoxy groups -OCH3 is 1. The van der Waals surface area contributed by atoms with Crippen molar-refractivity contribution in [2.24, 2.45) is 11.8 Å². The lowest BCUT2D eigenvalue weighted by Gasteiger charge is -2.15. The van der Waals surface area contributed by atoms with Gasteiger partial charge in [0.25, 0.3) is 0 Å². The first kappa shape index (κ1) is 10.9. The Morgan fingerprint density at radius 3 is 2.25 bits per heavy atom. The molecule has 0 aromatic rings. The Balaban J connectivity index is 4.33. The standard InChI is InChI=1S/C8H14O4/c1-4-6(8(11)12-3)5(2)7(9)10/h5-6H,4H2,1-3H3,(H,9,10). The van der Waals surface area contributed by atoms with Gasteiger partial charge in [0.2, 0.25) is 0 Å². The fourth-order valence-electron chi connectivity index (χ4n) is 1.05. The number of hydrogen-bond acceptors (Lipinski definition) is 3. The lowest BCUT2D eigenvalue weighted by Crippen LogP contribution is -2.28. The predicted octanol–water partition coefficient (Wildman–Crippen LogP) is 0.906. The Hall–Kier alpha value is -1.06. The van der Waals surface area contributed by atoms with E-state index in [4.69, 9.17) is 5.11 Å². The molecule has 0 radical (unpaired) electrons. The number of aliphatic carboxylic acids is 1. The molecule has 1 N–H and O–H groups in total. The molecule has 4 nitrogen and oxygen atoms in total. The molecule has 0 aromatic carbocycles. The van der Waals surface area contributed by atoms with Crippen LogP contribution in [0.1, 0.15) is 20.3 Å². The largest absolute Gasteiger partial charge is 0.481 e. The normalized spacial score (nSPS) is 14.9. The topological polar surface area (TPSA) is 63.6 Å². The zero-order chi connectivity index (χ0) is 9.72. The van der Waals surface area contributed by atoms with Crippen molar-refractivity contribution in [3.63, 3.8) is 0 Å². The van der Waals surface area contributed by atoms with Gasteiger partial charge >= 0.3 is 11.9 Å². The number of hydrogen-bond donors (Lipinski definition) is 1. The Bertz CT molecular complexity index is 176. The van der Waals surface area contributed by atoms with Crippen LogP contribution in [0.4, 0.5) is 0 Å². The average molecular weight is 174 g/mol. The summed E-state index contributed by atoms with van der Waals surface area (Å²) in [5.74, 6) is -2.63. The number of esters is 1. The monoisotopic (exact) mass is 174 g/mol. The van der Waals surface area contributed by atoms with Gasteiger partial charge in [0, 0.05) is 0 Å². The number of ether oxygens (including phenoxy) is 1. The quantitative estimate of drug-likeness (QED) is 0.643. The van der Waals surface area contributed by atoms with Crippen LogP contribution in [0.3, 0.4) is 0 Å². The van der Waals surface area contributed by atoms with E-state index in [9.17, 15) is 9.59 Å². The highest BCUT2D eigenvalue weighted by atomic mass is 16.5. The van der Waals surface area contributed by atoms with Crippen molar-refractivity contribution in [1.82, 2.24) is 0 Å². The van der Waals surface area contributed by atoms with E-state index in [0.29, 0.717) is 6.42 Å². The zero-order valence-electron chi connectivity index (χ0n) is 7.53. The lowest BCUT2D eigenvalue weighted by atomic mass is 9.92. The molecular weight excluding hydrogens is 160 g/mol. The smallest absolute Gasteiger partial charge is 0.309 e. The van der Waals surface area contributed by atoms with Crippen molar-refractivity contribution in [3.05, 3.63) is 0 Å². The molecule has 0 saturated heterocycles. The van der Waals surface area contributed by atoms with E-state index in [2.05, 4.69) is 4.74 Å². The van der Waals surface area contributed by atoms with Gasteiger partial charge in [-0.3, -0.25) is 9.59 Å². The SMILES string of the molecule is CCC(C(=O)OC)C(C)C(=O)O. The summed E-state index contributed by atoms with van der Waals surface area (Å²) in [7, 11) is 1.26. The van der Waals surface area contributed by atoms with Gasteiger partial charge in [-0.05, 0) is 6.42 Å². The van der Waals surface area contributed by atoms with E-state index >= 15 is 0 Å². The second-order valence-corrected chi connectivity index (χ2v) is 2.66. The molecule has 70 valence electrons. The van der Waals surface area contributed by atoms with E-state index < -0.39 is 23.8 Å². The Labute approximate surface area is 71.5 Å². The predicted molar refractivity (Wildman–Crippen MR) is 42.6 cm³/mol.